The molecule has 6 aromatic rings. The van der Waals surface area contributed by atoms with E-state index >= 15 is 0 Å². The Morgan fingerprint density at radius 3 is 2.17 bits per heavy atom. The molecule has 2 aliphatic rings. The van der Waals surface area contributed by atoms with Gasteiger partial charge in [0.25, 0.3) is 0 Å². The van der Waals surface area contributed by atoms with Crippen molar-refractivity contribution in [2.24, 2.45) is 0 Å². The van der Waals surface area contributed by atoms with E-state index in [9.17, 15) is 0 Å². The highest BCUT2D eigenvalue weighted by Gasteiger charge is 2.38. The van der Waals surface area contributed by atoms with Crippen LogP contribution in [0.25, 0.3) is 38.6 Å². The first-order chi connectivity index (χ1) is 20.1. The summed E-state index contributed by atoms with van der Waals surface area (Å²) < 4.78 is 2.37. The first-order valence-corrected chi connectivity index (χ1v) is 14.6. The van der Waals surface area contributed by atoms with Gasteiger partial charge in [0.2, 0.25) is 0 Å². The topological polar surface area (TPSA) is 8.17 Å². The molecule has 2 nitrogen and oxygen atoms in total. The van der Waals surface area contributed by atoms with E-state index in [0.717, 1.165) is 12.8 Å². The molecule has 0 radical (unpaired) electrons. The van der Waals surface area contributed by atoms with Crippen LogP contribution < -0.4 is 4.90 Å². The number of nitrogens with zero attached hydrogens (tertiary/aromatic N) is 2. The zero-order valence-electron chi connectivity index (χ0n) is 23.5. The number of allylic oxidation sites excluding steroid dienone is 4. The van der Waals surface area contributed by atoms with Gasteiger partial charge >= 0.3 is 0 Å². The average molecular weight is 529 g/mol. The summed E-state index contributed by atoms with van der Waals surface area (Å²) in [5.74, 6) is 0. The van der Waals surface area contributed by atoms with Crippen molar-refractivity contribution in [1.29, 1.82) is 0 Å². The summed E-state index contributed by atoms with van der Waals surface area (Å²) in [7, 11) is 0. The van der Waals surface area contributed by atoms with E-state index in [2.05, 4.69) is 157 Å². The van der Waals surface area contributed by atoms with Gasteiger partial charge in [0.15, 0.2) is 0 Å². The van der Waals surface area contributed by atoms with Gasteiger partial charge in [-0.3, -0.25) is 0 Å². The zero-order valence-corrected chi connectivity index (χ0v) is 23.5. The summed E-state index contributed by atoms with van der Waals surface area (Å²) in [6.45, 7) is 4.73. The molecule has 198 valence electrons. The maximum atomic E-state index is 2.50. The number of aromatic nitrogens is 1. The maximum absolute atomic E-state index is 2.50. The van der Waals surface area contributed by atoms with E-state index in [-0.39, 0.29) is 5.41 Å². The molecule has 41 heavy (non-hydrogen) atoms. The minimum Gasteiger partial charge on any atom is -0.314 e. The lowest BCUT2D eigenvalue weighted by atomic mass is 9.71. The van der Waals surface area contributed by atoms with Crippen LogP contribution in [0, 0.1) is 0 Å². The van der Waals surface area contributed by atoms with Crippen molar-refractivity contribution in [3.63, 3.8) is 0 Å². The fourth-order valence-corrected chi connectivity index (χ4v) is 7.05. The summed E-state index contributed by atoms with van der Waals surface area (Å²) in [5, 5.41) is 2.56. The lowest BCUT2D eigenvalue weighted by molar-refractivity contribution is 0.603. The van der Waals surface area contributed by atoms with Crippen LogP contribution in [0.3, 0.4) is 0 Å². The summed E-state index contributed by atoms with van der Waals surface area (Å²) in [4.78, 5) is 2.50. The Labute approximate surface area is 241 Å². The van der Waals surface area contributed by atoms with Gasteiger partial charge in [-0.2, -0.15) is 0 Å². The number of rotatable bonds is 3. The molecule has 1 aliphatic heterocycles. The summed E-state index contributed by atoms with van der Waals surface area (Å²) >= 11 is 0. The quantitative estimate of drug-likeness (QED) is 0.222. The predicted octanol–water partition coefficient (Wildman–Crippen LogP) is 10.5. The highest BCUT2D eigenvalue weighted by Crippen LogP contribution is 2.50. The first kappa shape index (κ1) is 24.0. The van der Waals surface area contributed by atoms with Crippen LogP contribution in [0.15, 0.2) is 145 Å². The lowest BCUT2D eigenvalue weighted by Crippen LogP contribution is -2.34. The Morgan fingerprint density at radius 2 is 1.32 bits per heavy atom. The molecule has 0 spiro atoms. The van der Waals surface area contributed by atoms with Gasteiger partial charge < -0.3 is 9.47 Å². The number of fused-ring (bicyclic) bond motifs is 4. The molecule has 0 saturated heterocycles. The van der Waals surface area contributed by atoms with Crippen molar-refractivity contribution >= 4 is 33.2 Å². The van der Waals surface area contributed by atoms with Crippen LogP contribution in [-0.4, -0.2) is 4.57 Å². The third kappa shape index (κ3) is 3.64. The van der Waals surface area contributed by atoms with Crippen LogP contribution in [0.5, 0.6) is 0 Å². The second kappa shape index (κ2) is 9.11. The van der Waals surface area contributed by atoms with E-state index < -0.39 is 0 Å². The van der Waals surface area contributed by atoms with Crippen molar-refractivity contribution in [1.82, 2.24) is 4.57 Å². The number of hydrogen-bond acceptors (Lipinski definition) is 1. The first-order valence-electron chi connectivity index (χ1n) is 14.6. The molecule has 0 atom stereocenters. The molecule has 1 aromatic heterocycles. The van der Waals surface area contributed by atoms with Gasteiger partial charge in [0.1, 0.15) is 0 Å². The highest BCUT2D eigenvalue weighted by molar-refractivity contribution is 6.10. The molecule has 5 aromatic carbocycles. The fourth-order valence-electron chi connectivity index (χ4n) is 7.05. The van der Waals surface area contributed by atoms with E-state index in [1.54, 1.807) is 0 Å². The van der Waals surface area contributed by atoms with Crippen LogP contribution in [0.4, 0.5) is 11.4 Å². The molecule has 0 saturated carbocycles. The van der Waals surface area contributed by atoms with Crippen molar-refractivity contribution in [2.75, 3.05) is 4.90 Å². The number of para-hydroxylation sites is 3. The highest BCUT2D eigenvalue weighted by atomic mass is 15.2. The van der Waals surface area contributed by atoms with Crippen LogP contribution in [0.1, 0.15) is 32.3 Å². The van der Waals surface area contributed by atoms with Crippen molar-refractivity contribution in [3.8, 4) is 16.8 Å². The SMILES string of the molecule is CC1(C)C2=C(CCC=C2)N(c2ccc(-c3ccc4c(c3)c3ccccc3n4-c3ccccc3)cc2)c2ccccc21. The molecule has 0 N–H and O–H groups in total. The van der Waals surface area contributed by atoms with Gasteiger partial charge in [-0.1, -0.05) is 98.8 Å². The second-order valence-electron chi connectivity index (χ2n) is 11.7. The standard InChI is InChI=1S/C39H32N2/c1-39(2)33-15-7-10-18-37(33)41(38-19-11-8-16-34(38)39)30-23-20-27(21-24-30)28-22-25-36-32(26-28)31-14-6-9-17-35(31)40(36)29-12-4-3-5-13-29/h3-10,12-18,20-26H,11,19H2,1-2H3. The second-order valence-corrected chi connectivity index (χ2v) is 11.7. The molecule has 2 heteroatoms. The monoisotopic (exact) mass is 528 g/mol. The van der Waals surface area contributed by atoms with Crippen LogP contribution in [0.2, 0.25) is 0 Å². The van der Waals surface area contributed by atoms with E-state index in [1.165, 1.54) is 66.8 Å². The summed E-state index contributed by atoms with van der Waals surface area (Å²) in [5.41, 5.74) is 12.9. The number of anilines is 2. The Kier molecular flexibility index (Phi) is 5.33. The van der Waals surface area contributed by atoms with E-state index in [0.29, 0.717) is 0 Å². The van der Waals surface area contributed by atoms with E-state index in [4.69, 9.17) is 0 Å². The van der Waals surface area contributed by atoms with E-state index in [1.807, 2.05) is 0 Å². The fraction of sp³-hybridized carbons (Fsp3) is 0.128. The van der Waals surface area contributed by atoms with Gasteiger partial charge in [0.05, 0.1) is 11.0 Å². The number of benzene rings is 5. The summed E-state index contributed by atoms with van der Waals surface area (Å²) in [6, 6.07) is 44.4. The zero-order chi connectivity index (χ0) is 27.6. The minimum atomic E-state index is -0.00632. The third-order valence-electron chi connectivity index (χ3n) is 9.05. The molecule has 8 rings (SSSR count). The minimum absolute atomic E-state index is 0.00632. The third-order valence-corrected chi connectivity index (χ3v) is 9.05. The van der Waals surface area contributed by atoms with Gasteiger partial charge in [-0.25, -0.2) is 0 Å². The average Bonchev–Trinajstić information content (AvgIpc) is 3.36. The normalized spacial score (nSPS) is 15.8. The van der Waals surface area contributed by atoms with Gasteiger partial charge in [-0.05, 0) is 83.6 Å². The van der Waals surface area contributed by atoms with Gasteiger partial charge in [0, 0.05) is 38.9 Å². The molecule has 0 fully saturated rings. The molecule has 0 amide bonds. The van der Waals surface area contributed by atoms with Gasteiger partial charge in [-0.15, -0.1) is 0 Å². The Balaban J connectivity index is 1.23. The Bertz CT molecular complexity index is 2000. The number of hydrogen-bond donors (Lipinski definition) is 0. The molecular weight excluding hydrogens is 496 g/mol. The molecule has 0 bridgehead atoms. The summed E-state index contributed by atoms with van der Waals surface area (Å²) in [6.07, 6.45) is 6.84. The Hall–Kier alpha value is -4.82. The van der Waals surface area contributed by atoms with Crippen molar-refractivity contribution in [2.45, 2.75) is 32.1 Å². The Morgan fingerprint density at radius 1 is 0.610 bits per heavy atom. The van der Waals surface area contributed by atoms with Crippen molar-refractivity contribution in [3.05, 3.63) is 150 Å². The molecular formula is C39H32N2. The van der Waals surface area contributed by atoms with Crippen molar-refractivity contribution < 1.29 is 0 Å². The molecule has 2 heterocycles. The van der Waals surface area contributed by atoms with Crippen LogP contribution >= 0.6 is 0 Å². The maximum Gasteiger partial charge on any atom is 0.0541 e. The predicted molar refractivity (Wildman–Crippen MR) is 173 cm³/mol. The largest absolute Gasteiger partial charge is 0.314 e. The van der Waals surface area contributed by atoms with Crippen LogP contribution in [-0.2, 0) is 5.41 Å². The smallest absolute Gasteiger partial charge is 0.0541 e. The lowest BCUT2D eigenvalue weighted by Gasteiger charge is -2.44. The molecule has 0 unspecified atom stereocenters. The molecule has 1 aliphatic carbocycles.